The summed E-state index contributed by atoms with van der Waals surface area (Å²) in [5.74, 6) is -7.44. The fraction of sp³-hybridized carbons (Fsp3) is 0.308. The molecule has 5 rings (SSSR count). The Balaban J connectivity index is 1.38. The minimum atomic E-state index is -1.88. The molecule has 0 spiro atoms. The predicted octanol–water partition coefficient (Wildman–Crippen LogP) is 0.973. The molecule has 2 fully saturated rings. The van der Waals surface area contributed by atoms with E-state index >= 15 is 0 Å². The number of ether oxygens (including phenoxy) is 3. The van der Waals surface area contributed by atoms with Crippen LogP contribution in [-0.2, 0) is 33.4 Å². The maximum Gasteiger partial charge on any atom is 0.439 e. The van der Waals surface area contributed by atoms with Gasteiger partial charge in [-0.15, -0.1) is 0 Å². The number of halogens is 2. The number of aromatic amines is 1. The standard InChI is InChI=1S/C26H23F2N5O9/c1-13(34)41-21(24(36)29-17-6-5-16(19(27)20(17)28)23-30-26(38)42-31-23)22-25(37)33(8-10-40-22)15-4-2-3-14(11-15)32-7-9-39-12-18(32)35/h2-6,11,21-22H,7-10,12H2,1H3,(H,29,36)(H,30,31,38). The van der Waals surface area contributed by atoms with Crippen molar-refractivity contribution in [2.75, 3.05) is 48.0 Å². The van der Waals surface area contributed by atoms with Crippen molar-refractivity contribution in [3.63, 3.8) is 0 Å². The Morgan fingerprint density at radius 1 is 1.07 bits per heavy atom. The molecule has 3 heterocycles. The molecule has 0 bridgehead atoms. The van der Waals surface area contributed by atoms with E-state index in [4.69, 9.17) is 14.2 Å². The largest absolute Gasteiger partial charge is 0.449 e. The van der Waals surface area contributed by atoms with Crippen molar-refractivity contribution < 1.29 is 46.7 Å². The van der Waals surface area contributed by atoms with Gasteiger partial charge in [0, 0.05) is 31.4 Å². The number of nitrogens with zero attached hydrogens (tertiary/aromatic N) is 3. The predicted molar refractivity (Wildman–Crippen MR) is 138 cm³/mol. The third-order valence-electron chi connectivity index (χ3n) is 6.42. The van der Waals surface area contributed by atoms with Crippen LogP contribution in [0.4, 0.5) is 25.8 Å². The van der Waals surface area contributed by atoms with E-state index in [2.05, 4.69) is 20.0 Å². The smallest absolute Gasteiger partial charge is 0.439 e. The Bertz CT molecular complexity index is 1610. The Morgan fingerprint density at radius 2 is 1.81 bits per heavy atom. The second kappa shape index (κ2) is 11.9. The molecule has 2 aliphatic heterocycles. The first-order valence-electron chi connectivity index (χ1n) is 12.6. The van der Waals surface area contributed by atoms with Crippen molar-refractivity contribution in [3.05, 3.63) is 58.6 Å². The van der Waals surface area contributed by atoms with Gasteiger partial charge in [0.15, 0.2) is 23.6 Å². The van der Waals surface area contributed by atoms with Gasteiger partial charge < -0.3 is 29.3 Å². The van der Waals surface area contributed by atoms with Gasteiger partial charge in [0.05, 0.1) is 24.5 Å². The van der Waals surface area contributed by atoms with E-state index in [1.165, 1.54) is 9.80 Å². The summed E-state index contributed by atoms with van der Waals surface area (Å²) in [5.41, 5.74) is -0.175. The van der Waals surface area contributed by atoms with Crippen LogP contribution in [0.2, 0.25) is 0 Å². The molecule has 0 radical (unpaired) electrons. The highest BCUT2D eigenvalue weighted by Crippen LogP contribution is 2.29. The molecule has 0 saturated carbocycles. The zero-order chi connectivity index (χ0) is 30.0. The molecule has 16 heteroatoms. The quantitative estimate of drug-likeness (QED) is 0.379. The topological polar surface area (TPSA) is 173 Å². The fourth-order valence-corrected chi connectivity index (χ4v) is 4.51. The average molecular weight is 587 g/mol. The zero-order valence-corrected chi connectivity index (χ0v) is 21.9. The van der Waals surface area contributed by atoms with Crippen LogP contribution in [0.15, 0.2) is 45.7 Å². The van der Waals surface area contributed by atoms with Crippen molar-refractivity contribution in [2.45, 2.75) is 19.1 Å². The van der Waals surface area contributed by atoms with E-state index in [9.17, 15) is 32.8 Å². The summed E-state index contributed by atoms with van der Waals surface area (Å²) < 4.78 is 49.7. The van der Waals surface area contributed by atoms with Crippen LogP contribution in [0.5, 0.6) is 0 Å². The summed E-state index contributed by atoms with van der Waals surface area (Å²) in [6, 6.07) is 8.60. The number of hydrogen-bond donors (Lipinski definition) is 2. The van der Waals surface area contributed by atoms with Gasteiger partial charge in [-0.25, -0.2) is 13.6 Å². The van der Waals surface area contributed by atoms with Gasteiger partial charge in [-0.3, -0.25) is 28.7 Å². The number of H-pyrrole nitrogens is 1. The van der Waals surface area contributed by atoms with Crippen molar-refractivity contribution in [1.29, 1.82) is 0 Å². The third-order valence-corrected chi connectivity index (χ3v) is 6.42. The van der Waals surface area contributed by atoms with Crippen LogP contribution in [-0.4, -0.2) is 78.9 Å². The van der Waals surface area contributed by atoms with Crippen molar-refractivity contribution in [3.8, 4) is 11.4 Å². The van der Waals surface area contributed by atoms with Gasteiger partial charge in [-0.2, -0.15) is 0 Å². The lowest BCUT2D eigenvalue weighted by Gasteiger charge is -2.35. The summed E-state index contributed by atoms with van der Waals surface area (Å²) in [4.78, 5) is 67.0. The lowest BCUT2D eigenvalue weighted by atomic mass is 10.1. The number of aromatic nitrogens is 2. The van der Waals surface area contributed by atoms with E-state index < -0.39 is 58.6 Å². The zero-order valence-electron chi connectivity index (χ0n) is 21.9. The molecule has 2 aliphatic rings. The number of hydrogen-bond acceptors (Lipinski definition) is 10. The van der Waals surface area contributed by atoms with Crippen LogP contribution < -0.4 is 20.9 Å². The molecule has 1 aromatic heterocycles. The number of rotatable bonds is 7. The number of anilines is 3. The molecule has 3 aromatic rings. The maximum atomic E-state index is 14.9. The van der Waals surface area contributed by atoms with Crippen LogP contribution in [0.1, 0.15) is 6.92 Å². The number of morpholine rings is 2. The number of nitrogens with one attached hydrogen (secondary N) is 2. The molecule has 2 unspecified atom stereocenters. The van der Waals surface area contributed by atoms with E-state index in [0.717, 1.165) is 19.1 Å². The van der Waals surface area contributed by atoms with Crippen LogP contribution in [0, 0.1) is 11.6 Å². The van der Waals surface area contributed by atoms with Crippen molar-refractivity contribution >= 4 is 40.8 Å². The summed E-state index contributed by atoms with van der Waals surface area (Å²) in [5, 5.41) is 5.41. The molecule has 2 saturated heterocycles. The molecular weight excluding hydrogens is 564 g/mol. The second-order valence-electron chi connectivity index (χ2n) is 9.15. The first-order chi connectivity index (χ1) is 20.1. The van der Waals surface area contributed by atoms with Gasteiger partial charge in [0.25, 0.3) is 17.7 Å². The van der Waals surface area contributed by atoms with E-state index in [1.807, 2.05) is 0 Å². The summed E-state index contributed by atoms with van der Waals surface area (Å²) in [7, 11) is 0. The minimum absolute atomic E-state index is 0.0598. The summed E-state index contributed by atoms with van der Waals surface area (Å²) >= 11 is 0. The Morgan fingerprint density at radius 3 is 2.50 bits per heavy atom. The number of amides is 3. The number of esters is 1. The highest BCUT2D eigenvalue weighted by Gasteiger charge is 2.43. The fourth-order valence-electron chi connectivity index (χ4n) is 4.51. The molecule has 14 nitrogen and oxygen atoms in total. The highest BCUT2D eigenvalue weighted by molar-refractivity contribution is 6.05. The Labute approximate surface area is 235 Å². The van der Waals surface area contributed by atoms with Gasteiger partial charge in [0.2, 0.25) is 6.10 Å². The van der Waals surface area contributed by atoms with E-state index in [-0.39, 0.29) is 31.5 Å². The first-order valence-corrected chi connectivity index (χ1v) is 12.6. The first kappa shape index (κ1) is 28.6. The van der Waals surface area contributed by atoms with Gasteiger partial charge >= 0.3 is 11.7 Å². The Kier molecular flexibility index (Phi) is 8.08. The second-order valence-corrected chi connectivity index (χ2v) is 9.15. The third kappa shape index (κ3) is 5.75. The van der Waals surface area contributed by atoms with Crippen LogP contribution in [0.25, 0.3) is 11.4 Å². The molecule has 3 amide bonds. The van der Waals surface area contributed by atoms with E-state index in [1.54, 1.807) is 24.3 Å². The van der Waals surface area contributed by atoms with Gasteiger partial charge in [-0.05, 0) is 30.3 Å². The van der Waals surface area contributed by atoms with Crippen molar-refractivity contribution in [1.82, 2.24) is 10.1 Å². The average Bonchev–Trinajstić information content (AvgIpc) is 3.40. The normalized spacial score (nSPS) is 18.1. The number of benzene rings is 2. The lowest BCUT2D eigenvalue weighted by molar-refractivity contribution is -0.167. The maximum absolute atomic E-state index is 14.9. The number of carbonyl (C=O) groups excluding carboxylic acids is 4. The molecule has 2 N–H and O–H groups in total. The minimum Gasteiger partial charge on any atom is -0.449 e. The summed E-state index contributed by atoms with van der Waals surface area (Å²) in [6.45, 7) is 1.62. The van der Waals surface area contributed by atoms with Crippen molar-refractivity contribution in [2.24, 2.45) is 0 Å². The highest BCUT2D eigenvalue weighted by atomic mass is 19.2. The molecule has 2 aromatic carbocycles. The van der Waals surface area contributed by atoms with Crippen LogP contribution >= 0.6 is 0 Å². The molecular formula is C26H23F2N5O9. The van der Waals surface area contributed by atoms with Crippen LogP contribution in [0.3, 0.4) is 0 Å². The number of carbonyl (C=O) groups is 4. The lowest BCUT2D eigenvalue weighted by Crippen LogP contribution is -2.56. The molecule has 220 valence electrons. The molecule has 42 heavy (non-hydrogen) atoms. The van der Waals surface area contributed by atoms with Gasteiger partial charge in [-0.1, -0.05) is 11.2 Å². The summed E-state index contributed by atoms with van der Waals surface area (Å²) in [6.07, 6.45) is -3.51. The van der Waals surface area contributed by atoms with E-state index in [0.29, 0.717) is 24.5 Å². The molecule has 0 aliphatic carbocycles. The monoisotopic (exact) mass is 587 g/mol. The Hall–Kier alpha value is -4.96. The molecule has 2 atom stereocenters. The SMILES string of the molecule is CC(=O)OC(C(=O)Nc1ccc(-c2noc(=O)[nH]2)c(F)c1F)C1OCCN(c2cccc(N3CCOCC3=O)c2)C1=O. The van der Waals surface area contributed by atoms with Gasteiger partial charge in [0.1, 0.15) is 6.61 Å².